The zero-order valence-corrected chi connectivity index (χ0v) is 34.7. The SMILES string of the molecule is c1ccc(-c2ccc(N(c3ccc4c5c6oc7ccccc7c6ccc5n(-c5ccccc5)c4c3)c3cccc4c3-c3ccccc3C43c4ccccc4-c4ccccc43)cc2)cc1. The van der Waals surface area contributed by atoms with Gasteiger partial charge in [0.25, 0.3) is 0 Å². The number of benzene rings is 10. The minimum atomic E-state index is -0.459. The van der Waals surface area contributed by atoms with Crippen molar-refractivity contribution in [2.24, 2.45) is 0 Å². The van der Waals surface area contributed by atoms with Crippen molar-refractivity contribution in [3.63, 3.8) is 0 Å². The average molecular weight is 815 g/mol. The summed E-state index contributed by atoms with van der Waals surface area (Å²) in [5.74, 6) is 0. The molecule has 3 heteroatoms. The van der Waals surface area contributed by atoms with Crippen LogP contribution in [0.2, 0.25) is 0 Å². The van der Waals surface area contributed by atoms with Crippen molar-refractivity contribution in [2.45, 2.75) is 5.41 Å². The molecule has 298 valence electrons. The van der Waals surface area contributed by atoms with E-state index < -0.39 is 5.41 Å². The van der Waals surface area contributed by atoms with E-state index in [4.69, 9.17) is 4.42 Å². The van der Waals surface area contributed by atoms with Gasteiger partial charge in [0, 0.05) is 38.8 Å². The molecule has 2 heterocycles. The highest BCUT2D eigenvalue weighted by molar-refractivity contribution is 6.24. The van der Waals surface area contributed by atoms with Crippen molar-refractivity contribution in [2.75, 3.05) is 4.90 Å². The van der Waals surface area contributed by atoms with Gasteiger partial charge in [-0.05, 0) is 117 Å². The molecule has 0 radical (unpaired) electrons. The topological polar surface area (TPSA) is 21.3 Å². The summed E-state index contributed by atoms with van der Waals surface area (Å²) in [6.45, 7) is 0. The van der Waals surface area contributed by atoms with Crippen molar-refractivity contribution >= 4 is 60.8 Å². The third kappa shape index (κ3) is 4.70. The molecule has 2 aromatic heterocycles. The largest absolute Gasteiger partial charge is 0.455 e. The number of nitrogens with zero attached hydrogens (tertiary/aromatic N) is 2. The van der Waals surface area contributed by atoms with E-state index in [0.29, 0.717) is 0 Å². The molecule has 0 atom stereocenters. The highest BCUT2D eigenvalue weighted by Crippen LogP contribution is 2.64. The van der Waals surface area contributed by atoms with Crippen LogP contribution in [0.15, 0.2) is 235 Å². The summed E-state index contributed by atoms with van der Waals surface area (Å²) in [6.07, 6.45) is 0. The molecule has 3 nitrogen and oxygen atoms in total. The van der Waals surface area contributed by atoms with Crippen LogP contribution in [0, 0.1) is 0 Å². The number of hydrogen-bond acceptors (Lipinski definition) is 2. The van der Waals surface area contributed by atoms with E-state index in [2.05, 4.69) is 234 Å². The maximum atomic E-state index is 6.74. The lowest BCUT2D eigenvalue weighted by molar-refractivity contribution is 0.673. The Kier molecular flexibility index (Phi) is 7.32. The Morgan fingerprint density at radius 2 is 0.969 bits per heavy atom. The smallest absolute Gasteiger partial charge is 0.145 e. The number of anilines is 3. The molecule has 0 bridgehead atoms. The Morgan fingerprint density at radius 3 is 1.72 bits per heavy atom. The summed E-state index contributed by atoms with van der Waals surface area (Å²) in [5, 5.41) is 4.52. The predicted molar refractivity (Wildman–Crippen MR) is 264 cm³/mol. The minimum Gasteiger partial charge on any atom is -0.455 e. The van der Waals surface area contributed by atoms with Crippen LogP contribution in [0.4, 0.5) is 17.1 Å². The van der Waals surface area contributed by atoms with Gasteiger partial charge in [-0.3, -0.25) is 0 Å². The molecule has 0 aliphatic heterocycles. The van der Waals surface area contributed by atoms with Crippen LogP contribution in [0.25, 0.3) is 82.8 Å². The van der Waals surface area contributed by atoms with E-state index in [0.717, 1.165) is 66.5 Å². The van der Waals surface area contributed by atoms with Crippen LogP contribution in [0.1, 0.15) is 22.3 Å². The summed E-state index contributed by atoms with van der Waals surface area (Å²) in [4.78, 5) is 2.49. The zero-order chi connectivity index (χ0) is 41.9. The van der Waals surface area contributed by atoms with Gasteiger partial charge < -0.3 is 13.9 Å². The summed E-state index contributed by atoms with van der Waals surface area (Å²) < 4.78 is 9.15. The molecule has 0 fully saturated rings. The fourth-order valence-corrected chi connectivity index (χ4v) is 11.4. The second kappa shape index (κ2) is 13.3. The van der Waals surface area contributed by atoms with Crippen LogP contribution in [0.3, 0.4) is 0 Å². The van der Waals surface area contributed by atoms with Crippen molar-refractivity contribution in [1.29, 1.82) is 0 Å². The fourth-order valence-electron chi connectivity index (χ4n) is 11.4. The van der Waals surface area contributed by atoms with Crippen molar-refractivity contribution in [1.82, 2.24) is 4.57 Å². The highest BCUT2D eigenvalue weighted by Gasteiger charge is 2.52. The molecule has 0 N–H and O–H groups in total. The van der Waals surface area contributed by atoms with Crippen LogP contribution >= 0.6 is 0 Å². The maximum absolute atomic E-state index is 6.74. The van der Waals surface area contributed by atoms with Gasteiger partial charge in [-0.25, -0.2) is 0 Å². The number of rotatable bonds is 5. The van der Waals surface area contributed by atoms with E-state index in [-0.39, 0.29) is 0 Å². The Labute approximate surface area is 370 Å². The second-order valence-corrected chi connectivity index (χ2v) is 17.1. The molecule has 1 spiro atoms. The van der Waals surface area contributed by atoms with Gasteiger partial charge >= 0.3 is 0 Å². The summed E-state index contributed by atoms with van der Waals surface area (Å²) in [5.41, 5.74) is 20.8. The summed E-state index contributed by atoms with van der Waals surface area (Å²) in [7, 11) is 0. The number of aromatic nitrogens is 1. The molecule has 0 unspecified atom stereocenters. The lowest BCUT2D eigenvalue weighted by Gasteiger charge is -2.32. The zero-order valence-electron chi connectivity index (χ0n) is 34.7. The van der Waals surface area contributed by atoms with Crippen molar-refractivity contribution in [3.8, 4) is 39.1 Å². The van der Waals surface area contributed by atoms with Gasteiger partial charge in [0.05, 0.1) is 27.5 Å². The van der Waals surface area contributed by atoms with Gasteiger partial charge in [-0.15, -0.1) is 0 Å². The molecular weight excluding hydrogens is 777 g/mol. The van der Waals surface area contributed by atoms with E-state index >= 15 is 0 Å². The molecule has 10 aromatic carbocycles. The Bertz CT molecular complexity index is 3790. The number of furan rings is 1. The first kappa shape index (κ1) is 35.2. The second-order valence-electron chi connectivity index (χ2n) is 17.1. The fraction of sp³-hybridized carbons (Fsp3) is 0.0164. The Hall–Kier alpha value is -8.40. The van der Waals surface area contributed by atoms with Crippen molar-refractivity contribution < 1.29 is 4.42 Å². The number of fused-ring (bicyclic) bond motifs is 17. The first-order chi connectivity index (χ1) is 31.8. The highest BCUT2D eigenvalue weighted by atomic mass is 16.3. The number of para-hydroxylation sites is 2. The number of hydrogen-bond donors (Lipinski definition) is 0. The molecule has 12 aromatic rings. The van der Waals surface area contributed by atoms with Crippen LogP contribution in [-0.4, -0.2) is 4.57 Å². The molecular formula is C61H38N2O. The average Bonchev–Trinajstić information content (AvgIpc) is 4.09. The van der Waals surface area contributed by atoms with Crippen LogP contribution < -0.4 is 4.90 Å². The molecule has 14 rings (SSSR count). The molecule has 64 heavy (non-hydrogen) atoms. The molecule has 0 amide bonds. The van der Waals surface area contributed by atoms with Gasteiger partial charge in [0.15, 0.2) is 0 Å². The van der Waals surface area contributed by atoms with Gasteiger partial charge in [0.2, 0.25) is 0 Å². The van der Waals surface area contributed by atoms with Crippen molar-refractivity contribution in [3.05, 3.63) is 253 Å². The first-order valence-electron chi connectivity index (χ1n) is 22.1. The van der Waals surface area contributed by atoms with Crippen LogP contribution in [-0.2, 0) is 5.41 Å². The van der Waals surface area contributed by atoms with E-state index in [1.165, 1.54) is 55.6 Å². The van der Waals surface area contributed by atoms with Gasteiger partial charge in [-0.1, -0.05) is 164 Å². The predicted octanol–water partition coefficient (Wildman–Crippen LogP) is 16.2. The molecule has 0 saturated heterocycles. The van der Waals surface area contributed by atoms with Gasteiger partial charge in [-0.2, -0.15) is 0 Å². The molecule has 2 aliphatic rings. The first-order valence-corrected chi connectivity index (χ1v) is 22.1. The lowest BCUT2D eigenvalue weighted by Crippen LogP contribution is -2.26. The Morgan fingerprint density at radius 1 is 0.391 bits per heavy atom. The van der Waals surface area contributed by atoms with Gasteiger partial charge in [0.1, 0.15) is 11.2 Å². The van der Waals surface area contributed by atoms with Crippen LogP contribution in [0.5, 0.6) is 0 Å². The standard InChI is InChI=1S/C61H38N2O/c1-3-16-39(17-4-1)40-30-32-42(33-31-40)62(54-28-15-27-53-58(54)48-23-9-13-26-52(48)61(53)50-24-11-7-20-44(50)45-21-8-12-25-51(45)61)43-34-35-49-56(38-43)63(41-18-5-2-6-19-41)55-37-36-47-46-22-10-14-29-57(46)64-60(47)59(49)55/h1-38H. The van der Waals surface area contributed by atoms with E-state index in [9.17, 15) is 0 Å². The lowest BCUT2D eigenvalue weighted by atomic mass is 9.70. The third-order valence-electron chi connectivity index (χ3n) is 14.0. The van der Waals surface area contributed by atoms with E-state index in [1.54, 1.807) is 0 Å². The maximum Gasteiger partial charge on any atom is 0.145 e. The quantitative estimate of drug-likeness (QED) is 0.173. The molecule has 2 aliphatic carbocycles. The third-order valence-corrected chi connectivity index (χ3v) is 14.0. The van der Waals surface area contributed by atoms with E-state index in [1.807, 2.05) is 6.07 Å². The molecule has 0 saturated carbocycles. The summed E-state index contributed by atoms with van der Waals surface area (Å²) >= 11 is 0. The monoisotopic (exact) mass is 814 g/mol. The minimum absolute atomic E-state index is 0.459. The summed E-state index contributed by atoms with van der Waals surface area (Å²) in [6, 6.07) is 84.5. The normalized spacial score (nSPS) is 13.1. The Balaban J connectivity index is 1.07.